The van der Waals surface area contributed by atoms with E-state index >= 15 is 0 Å². The average molecular weight is 377 g/mol. The Kier molecular flexibility index (Phi) is 6.12. The average Bonchev–Trinajstić information content (AvgIpc) is 2.70. The van der Waals surface area contributed by atoms with Gasteiger partial charge in [-0.1, -0.05) is 18.2 Å². The monoisotopic (exact) mass is 377 g/mol. The molecule has 3 N–H and O–H groups in total. The largest absolute Gasteiger partial charge is 0.323 e. The summed E-state index contributed by atoms with van der Waals surface area (Å²) < 4.78 is 0. The first-order valence-corrected chi connectivity index (χ1v) is 9.55. The second-order valence-corrected chi connectivity index (χ2v) is 6.58. The van der Waals surface area contributed by atoms with Crippen LogP contribution in [0, 0.1) is 0 Å². The molecule has 3 rings (SSSR count). The van der Waals surface area contributed by atoms with Crippen LogP contribution < -0.4 is 16.0 Å². The fourth-order valence-electron chi connectivity index (χ4n) is 2.40. The minimum absolute atomic E-state index is 0.202. The summed E-state index contributed by atoms with van der Waals surface area (Å²) in [4.78, 5) is 25.5. The van der Waals surface area contributed by atoms with Crippen LogP contribution in [0.5, 0.6) is 0 Å². The first-order chi connectivity index (χ1) is 13.1. The number of thioether (sulfide) groups is 1. The van der Waals surface area contributed by atoms with Crippen molar-refractivity contribution in [3.8, 4) is 0 Å². The summed E-state index contributed by atoms with van der Waals surface area (Å²) in [5, 5.41) is 8.33. The minimum atomic E-state index is -0.340. The summed E-state index contributed by atoms with van der Waals surface area (Å²) in [6.45, 7) is 0. The SMILES string of the molecule is CSc1ccc(NC(=O)c2ccc(NC(=O)Nc3ccccc3)cc2)cc1. The molecule has 0 heterocycles. The van der Waals surface area contributed by atoms with Gasteiger partial charge < -0.3 is 16.0 Å². The van der Waals surface area contributed by atoms with Gasteiger partial charge >= 0.3 is 6.03 Å². The van der Waals surface area contributed by atoms with Crippen molar-refractivity contribution in [2.24, 2.45) is 0 Å². The number of carbonyl (C=O) groups is 2. The molecule has 3 aromatic rings. The first kappa shape index (κ1) is 18.5. The molecule has 0 bridgehead atoms. The normalized spacial score (nSPS) is 10.1. The van der Waals surface area contributed by atoms with E-state index in [1.807, 2.05) is 48.7 Å². The van der Waals surface area contributed by atoms with Crippen LogP contribution in [0.4, 0.5) is 21.9 Å². The van der Waals surface area contributed by atoms with E-state index < -0.39 is 0 Å². The number of carbonyl (C=O) groups excluding carboxylic acids is 2. The van der Waals surface area contributed by atoms with Crippen LogP contribution in [-0.4, -0.2) is 18.2 Å². The van der Waals surface area contributed by atoms with Crippen LogP contribution in [-0.2, 0) is 0 Å². The molecule has 27 heavy (non-hydrogen) atoms. The molecule has 0 aliphatic carbocycles. The quantitative estimate of drug-likeness (QED) is 0.528. The van der Waals surface area contributed by atoms with Gasteiger partial charge in [0.25, 0.3) is 5.91 Å². The van der Waals surface area contributed by atoms with E-state index in [2.05, 4.69) is 16.0 Å². The smallest absolute Gasteiger partial charge is 0.322 e. The Balaban J connectivity index is 1.57. The zero-order chi connectivity index (χ0) is 19.1. The minimum Gasteiger partial charge on any atom is -0.322 e. The molecule has 0 saturated carbocycles. The standard InChI is InChI=1S/C21H19N3O2S/c1-27-19-13-11-17(12-14-19)22-20(25)15-7-9-18(10-8-15)24-21(26)23-16-5-3-2-4-6-16/h2-14H,1H3,(H,22,25)(H2,23,24,26). The third-order valence-corrected chi connectivity index (χ3v) is 4.53. The Hall–Kier alpha value is -3.25. The summed E-state index contributed by atoms with van der Waals surface area (Å²) in [7, 11) is 0. The van der Waals surface area contributed by atoms with Gasteiger partial charge in [-0.25, -0.2) is 4.79 Å². The highest BCUT2D eigenvalue weighted by atomic mass is 32.2. The number of benzene rings is 3. The molecule has 3 amide bonds. The van der Waals surface area contributed by atoms with Crippen molar-refractivity contribution in [1.29, 1.82) is 0 Å². The zero-order valence-electron chi connectivity index (χ0n) is 14.7. The topological polar surface area (TPSA) is 70.2 Å². The molecular weight excluding hydrogens is 358 g/mol. The summed E-state index contributed by atoms with van der Waals surface area (Å²) in [5.74, 6) is -0.202. The summed E-state index contributed by atoms with van der Waals surface area (Å²) in [6.07, 6.45) is 2.00. The predicted molar refractivity (Wildman–Crippen MR) is 112 cm³/mol. The van der Waals surface area contributed by atoms with E-state index in [1.165, 1.54) is 0 Å². The Morgan fingerprint density at radius 1 is 0.667 bits per heavy atom. The van der Waals surface area contributed by atoms with Gasteiger partial charge in [-0.05, 0) is 66.9 Å². The van der Waals surface area contributed by atoms with E-state index in [1.54, 1.807) is 48.2 Å². The highest BCUT2D eigenvalue weighted by molar-refractivity contribution is 7.98. The van der Waals surface area contributed by atoms with Crippen LogP contribution in [0.1, 0.15) is 10.4 Å². The number of para-hydroxylation sites is 1. The molecular formula is C21H19N3O2S. The van der Waals surface area contributed by atoms with E-state index in [9.17, 15) is 9.59 Å². The summed E-state index contributed by atoms with van der Waals surface area (Å²) >= 11 is 1.65. The first-order valence-electron chi connectivity index (χ1n) is 8.32. The van der Waals surface area contributed by atoms with Gasteiger partial charge in [-0.15, -0.1) is 11.8 Å². The molecule has 3 aromatic carbocycles. The molecule has 0 unspecified atom stereocenters. The molecule has 0 atom stereocenters. The molecule has 0 spiro atoms. The lowest BCUT2D eigenvalue weighted by molar-refractivity contribution is 0.102. The molecule has 6 heteroatoms. The van der Waals surface area contributed by atoms with Crippen LogP contribution in [0.25, 0.3) is 0 Å². The fourth-order valence-corrected chi connectivity index (χ4v) is 2.81. The van der Waals surface area contributed by atoms with Crippen molar-refractivity contribution < 1.29 is 9.59 Å². The maximum absolute atomic E-state index is 12.3. The second kappa shape index (κ2) is 8.91. The van der Waals surface area contributed by atoms with Crippen molar-refractivity contribution in [1.82, 2.24) is 0 Å². The van der Waals surface area contributed by atoms with Crippen molar-refractivity contribution >= 4 is 40.8 Å². The predicted octanol–water partition coefficient (Wildman–Crippen LogP) is 5.30. The van der Waals surface area contributed by atoms with Gasteiger partial charge in [0.1, 0.15) is 0 Å². The van der Waals surface area contributed by atoms with Gasteiger partial charge in [0.05, 0.1) is 0 Å². The number of nitrogens with one attached hydrogen (secondary N) is 3. The number of hydrogen-bond donors (Lipinski definition) is 3. The van der Waals surface area contributed by atoms with Crippen molar-refractivity contribution in [2.45, 2.75) is 4.90 Å². The Labute approximate surface area is 162 Å². The number of amides is 3. The summed E-state index contributed by atoms with van der Waals surface area (Å²) in [6, 6.07) is 23.2. The molecule has 0 aliphatic rings. The molecule has 0 saturated heterocycles. The second-order valence-electron chi connectivity index (χ2n) is 5.71. The van der Waals surface area contributed by atoms with Gasteiger partial charge in [0.15, 0.2) is 0 Å². The van der Waals surface area contributed by atoms with E-state index in [0.717, 1.165) is 10.6 Å². The van der Waals surface area contributed by atoms with Crippen molar-refractivity contribution in [2.75, 3.05) is 22.2 Å². The van der Waals surface area contributed by atoms with Crippen molar-refractivity contribution in [3.05, 3.63) is 84.4 Å². The fraction of sp³-hybridized carbons (Fsp3) is 0.0476. The van der Waals surface area contributed by atoms with Gasteiger partial charge in [0, 0.05) is 27.5 Å². The third kappa shape index (κ3) is 5.36. The van der Waals surface area contributed by atoms with Gasteiger partial charge in [-0.3, -0.25) is 4.79 Å². The molecule has 0 aromatic heterocycles. The Bertz CT molecular complexity index is 910. The molecule has 0 radical (unpaired) electrons. The van der Waals surface area contributed by atoms with E-state index in [-0.39, 0.29) is 11.9 Å². The summed E-state index contributed by atoms with van der Waals surface area (Å²) in [5.41, 5.74) is 2.56. The van der Waals surface area contributed by atoms with Gasteiger partial charge in [-0.2, -0.15) is 0 Å². The molecule has 136 valence electrons. The zero-order valence-corrected chi connectivity index (χ0v) is 15.5. The highest BCUT2D eigenvalue weighted by Gasteiger charge is 2.07. The number of rotatable bonds is 5. The third-order valence-electron chi connectivity index (χ3n) is 3.78. The number of urea groups is 1. The highest BCUT2D eigenvalue weighted by Crippen LogP contribution is 2.18. The lowest BCUT2D eigenvalue weighted by atomic mass is 10.2. The lowest BCUT2D eigenvalue weighted by Crippen LogP contribution is -2.19. The van der Waals surface area contributed by atoms with Gasteiger partial charge in [0.2, 0.25) is 0 Å². The van der Waals surface area contributed by atoms with E-state index in [4.69, 9.17) is 0 Å². The van der Waals surface area contributed by atoms with E-state index in [0.29, 0.717) is 16.9 Å². The number of hydrogen-bond acceptors (Lipinski definition) is 3. The van der Waals surface area contributed by atoms with Crippen LogP contribution >= 0.6 is 11.8 Å². The molecule has 5 nitrogen and oxygen atoms in total. The Morgan fingerprint density at radius 2 is 1.19 bits per heavy atom. The Morgan fingerprint density at radius 3 is 1.78 bits per heavy atom. The molecule has 0 aliphatic heterocycles. The maximum Gasteiger partial charge on any atom is 0.323 e. The lowest BCUT2D eigenvalue weighted by Gasteiger charge is -2.09. The maximum atomic E-state index is 12.3. The number of anilines is 3. The molecule has 0 fully saturated rings. The van der Waals surface area contributed by atoms with Crippen LogP contribution in [0.2, 0.25) is 0 Å². The van der Waals surface area contributed by atoms with Crippen LogP contribution in [0.3, 0.4) is 0 Å². The van der Waals surface area contributed by atoms with Crippen LogP contribution in [0.15, 0.2) is 83.8 Å². The van der Waals surface area contributed by atoms with Crippen molar-refractivity contribution in [3.63, 3.8) is 0 Å².